The van der Waals surface area contributed by atoms with Crippen LogP contribution in [0.15, 0.2) is 42.3 Å². The number of carbonyl (C=O) groups excluding carboxylic acids is 1. The number of hydrogen-bond acceptors (Lipinski definition) is 5. The molecule has 0 saturated carbocycles. The van der Waals surface area contributed by atoms with E-state index in [4.69, 9.17) is 0 Å². The molecule has 0 aliphatic heterocycles. The van der Waals surface area contributed by atoms with Crippen LogP contribution >= 0.6 is 11.3 Å². The number of aryl methyl sites for hydroxylation is 1. The van der Waals surface area contributed by atoms with E-state index < -0.39 is 0 Å². The molecule has 3 rings (SSSR count). The Bertz CT molecular complexity index is 812. The Morgan fingerprint density at radius 3 is 2.88 bits per heavy atom. The van der Waals surface area contributed by atoms with Crippen LogP contribution in [0.3, 0.4) is 0 Å². The average Bonchev–Trinajstić information content (AvgIpc) is 3.26. The van der Waals surface area contributed by atoms with Crippen LogP contribution in [0, 0.1) is 0 Å². The molecule has 124 valence electrons. The number of nitrogens with zero attached hydrogens (tertiary/aromatic N) is 5. The minimum Gasteiger partial charge on any atom is -0.336 e. The third kappa shape index (κ3) is 3.68. The summed E-state index contributed by atoms with van der Waals surface area (Å²) in [4.78, 5) is 23.0. The van der Waals surface area contributed by atoms with Gasteiger partial charge in [-0.2, -0.15) is 5.10 Å². The van der Waals surface area contributed by atoms with Crippen molar-refractivity contribution in [3.8, 4) is 0 Å². The number of rotatable bonds is 6. The summed E-state index contributed by atoms with van der Waals surface area (Å²) in [7, 11) is 1.81. The minimum atomic E-state index is -0.0169. The number of amides is 1. The first-order chi connectivity index (χ1) is 11.7. The summed E-state index contributed by atoms with van der Waals surface area (Å²) in [5.74, 6) is -0.0169. The molecule has 24 heavy (non-hydrogen) atoms. The molecule has 0 atom stereocenters. The van der Waals surface area contributed by atoms with E-state index in [-0.39, 0.29) is 5.91 Å². The summed E-state index contributed by atoms with van der Waals surface area (Å²) in [6, 6.07) is 7.60. The third-order valence-electron chi connectivity index (χ3n) is 3.69. The molecule has 2 aromatic heterocycles. The van der Waals surface area contributed by atoms with Gasteiger partial charge < -0.3 is 4.90 Å². The zero-order valence-electron chi connectivity index (χ0n) is 13.7. The highest BCUT2D eigenvalue weighted by atomic mass is 32.1. The quantitative estimate of drug-likeness (QED) is 0.691. The first kappa shape index (κ1) is 16.3. The molecular formula is C17H19N5OS. The number of carbonyl (C=O) groups is 1. The van der Waals surface area contributed by atoms with Gasteiger partial charge in [-0.05, 0) is 18.1 Å². The van der Waals surface area contributed by atoms with Crippen molar-refractivity contribution >= 4 is 17.2 Å². The fraction of sp³-hybridized carbons (Fsp3) is 0.294. The lowest BCUT2D eigenvalue weighted by Gasteiger charge is -2.18. The van der Waals surface area contributed by atoms with E-state index in [1.807, 2.05) is 29.6 Å². The SMILES string of the molecule is CCc1nc(CN(C)C(=O)c2ccccc2Cn2cncn2)cs1. The molecule has 7 heteroatoms. The van der Waals surface area contributed by atoms with Crippen molar-refractivity contribution in [1.82, 2.24) is 24.6 Å². The van der Waals surface area contributed by atoms with Gasteiger partial charge in [0, 0.05) is 18.0 Å². The van der Waals surface area contributed by atoms with Crippen molar-refractivity contribution in [2.75, 3.05) is 7.05 Å². The second-order valence-corrected chi connectivity index (χ2v) is 6.44. The summed E-state index contributed by atoms with van der Waals surface area (Å²) in [5, 5.41) is 7.22. The Balaban J connectivity index is 1.76. The van der Waals surface area contributed by atoms with E-state index in [9.17, 15) is 4.79 Å². The number of aromatic nitrogens is 4. The van der Waals surface area contributed by atoms with Crippen LogP contribution in [0.25, 0.3) is 0 Å². The van der Waals surface area contributed by atoms with E-state index in [1.165, 1.54) is 6.33 Å². The molecule has 0 aliphatic rings. The molecule has 0 N–H and O–H groups in total. The molecule has 0 fully saturated rings. The molecule has 1 amide bonds. The van der Waals surface area contributed by atoms with Gasteiger partial charge in [0.2, 0.25) is 0 Å². The lowest BCUT2D eigenvalue weighted by Crippen LogP contribution is -2.27. The van der Waals surface area contributed by atoms with E-state index in [0.717, 1.165) is 22.7 Å². The van der Waals surface area contributed by atoms with Crippen molar-refractivity contribution in [2.45, 2.75) is 26.4 Å². The van der Waals surface area contributed by atoms with Gasteiger partial charge in [-0.3, -0.25) is 4.79 Å². The Hall–Kier alpha value is -2.54. The average molecular weight is 341 g/mol. The van der Waals surface area contributed by atoms with Gasteiger partial charge in [0.25, 0.3) is 5.91 Å². The fourth-order valence-corrected chi connectivity index (χ4v) is 3.20. The van der Waals surface area contributed by atoms with Gasteiger partial charge in [-0.1, -0.05) is 25.1 Å². The standard InChI is InChI=1S/C17H19N5OS/c1-3-16-20-14(10-24-16)9-21(2)17(23)15-7-5-4-6-13(15)8-22-12-18-11-19-22/h4-7,10-12H,3,8-9H2,1-2H3. The van der Waals surface area contributed by atoms with Gasteiger partial charge in [-0.25, -0.2) is 14.6 Å². The second-order valence-electron chi connectivity index (χ2n) is 5.50. The van der Waals surface area contributed by atoms with Crippen LogP contribution in [0.2, 0.25) is 0 Å². The molecule has 0 spiro atoms. The van der Waals surface area contributed by atoms with Crippen LogP contribution in [0.1, 0.15) is 33.5 Å². The number of thiazole rings is 1. The highest BCUT2D eigenvalue weighted by Crippen LogP contribution is 2.16. The van der Waals surface area contributed by atoms with Crippen LogP contribution < -0.4 is 0 Å². The second kappa shape index (κ2) is 7.35. The lowest BCUT2D eigenvalue weighted by molar-refractivity contribution is 0.0782. The predicted octanol–water partition coefficient (Wildman–Crippen LogP) is 2.62. The van der Waals surface area contributed by atoms with Crippen molar-refractivity contribution in [3.05, 3.63) is 64.1 Å². The molecule has 0 aliphatic carbocycles. The van der Waals surface area contributed by atoms with Crippen LogP contribution in [-0.2, 0) is 19.5 Å². The van der Waals surface area contributed by atoms with E-state index in [2.05, 4.69) is 22.0 Å². The number of benzene rings is 1. The summed E-state index contributed by atoms with van der Waals surface area (Å²) in [6.45, 7) is 3.11. The fourth-order valence-electron chi connectivity index (χ4n) is 2.46. The maximum absolute atomic E-state index is 12.8. The monoisotopic (exact) mass is 341 g/mol. The topological polar surface area (TPSA) is 63.9 Å². The summed E-state index contributed by atoms with van der Waals surface area (Å²) in [6.07, 6.45) is 4.06. The van der Waals surface area contributed by atoms with Crippen LogP contribution in [-0.4, -0.2) is 37.6 Å². The summed E-state index contributed by atoms with van der Waals surface area (Å²) < 4.78 is 1.71. The molecule has 3 aromatic rings. The molecule has 2 heterocycles. The van der Waals surface area contributed by atoms with Crippen molar-refractivity contribution < 1.29 is 4.79 Å². The molecule has 1 aromatic carbocycles. The Morgan fingerprint density at radius 2 is 2.17 bits per heavy atom. The van der Waals surface area contributed by atoms with Crippen molar-refractivity contribution in [3.63, 3.8) is 0 Å². The highest BCUT2D eigenvalue weighted by Gasteiger charge is 2.17. The maximum atomic E-state index is 12.8. The molecule has 0 unspecified atom stereocenters. The minimum absolute atomic E-state index is 0.0169. The zero-order valence-corrected chi connectivity index (χ0v) is 14.5. The Morgan fingerprint density at radius 1 is 1.33 bits per heavy atom. The molecule has 6 nitrogen and oxygen atoms in total. The predicted molar refractivity (Wildman–Crippen MR) is 92.9 cm³/mol. The molecule has 0 radical (unpaired) electrons. The molecule has 0 saturated heterocycles. The van der Waals surface area contributed by atoms with Gasteiger partial charge in [0.15, 0.2) is 0 Å². The maximum Gasteiger partial charge on any atom is 0.254 e. The Kier molecular flexibility index (Phi) is 5.00. The highest BCUT2D eigenvalue weighted by molar-refractivity contribution is 7.09. The van der Waals surface area contributed by atoms with Crippen LogP contribution in [0.5, 0.6) is 0 Å². The van der Waals surface area contributed by atoms with Gasteiger partial charge in [0.1, 0.15) is 12.7 Å². The normalized spacial score (nSPS) is 10.8. The number of hydrogen-bond donors (Lipinski definition) is 0. The van der Waals surface area contributed by atoms with Crippen molar-refractivity contribution in [2.24, 2.45) is 0 Å². The third-order valence-corrected chi connectivity index (χ3v) is 4.74. The van der Waals surface area contributed by atoms with Gasteiger partial charge in [0.05, 0.1) is 23.8 Å². The van der Waals surface area contributed by atoms with Gasteiger partial charge >= 0.3 is 0 Å². The van der Waals surface area contributed by atoms with Crippen molar-refractivity contribution in [1.29, 1.82) is 0 Å². The molecular weight excluding hydrogens is 322 g/mol. The lowest BCUT2D eigenvalue weighted by atomic mass is 10.1. The summed E-state index contributed by atoms with van der Waals surface area (Å²) in [5.41, 5.74) is 2.54. The smallest absolute Gasteiger partial charge is 0.254 e. The molecule has 0 bridgehead atoms. The van der Waals surface area contributed by atoms with Crippen LogP contribution in [0.4, 0.5) is 0 Å². The van der Waals surface area contributed by atoms with E-state index >= 15 is 0 Å². The zero-order chi connectivity index (χ0) is 16.9. The summed E-state index contributed by atoms with van der Waals surface area (Å²) >= 11 is 1.64. The van der Waals surface area contributed by atoms with Gasteiger partial charge in [-0.15, -0.1) is 11.3 Å². The first-order valence-electron chi connectivity index (χ1n) is 7.76. The Labute approximate surface area is 144 Å². The first-order valence-corrected chi connectivity index (χ1v) is 8.64. The van der Waals surface area contributed by atoms with E-state index in [1.54, 1.807) is 34.3 Å². The largest absolute Gasteiger partial charge is 0.336 e. The van der Waals surface area contributed by atoms with E-state index in [0.29, 0.717) is 18.7 Å².